The Hall–Kier alpha value is -1.38. The Morgan fingerprint density at radius 3 is 3.00 bits per heavy atom. The van der Waals surface area contributed by atoms with Gasteiger partial charge in [-0.05, 0) is 0 Å². The topological polar surface area (TPSA) is 30.2 Å². The van der Waals surface area contributed by atoms with Gasteiger partial charge in [-0.25, -0.2) is 4.98 Å². The standard InChI is InChI=1S/C6H5N3/c1-2-9-5-8-4-6(9)3-7-1/h1-5H. The summed E-state index contributed by atoms with van der Waals surface area (Å²) in [6.45, 7) is 0. The van der Waals surface area contributed by atoms with Crippen LogP contribution in [0.2, 0.25) is 0 Å². The fourth-order valence-corrected chi connectivity index (χ4v) is 0.769. The van der Waals surface area contributed by atoms with Crippen LogP contribution in [0.3, 0.4) is 0 Å². The molecule has 0 amide bonds. The minimum Gasteiger partial charge on any atom is -0.303 e. The third-order valence-corrected chi connectivity index (χ3v) is 1.22. The second kappa shape index (κ2) is 1.55. The normalized spacial score (nSPS) is 10.2. The summed E-state index contributed by atoms with van der Waals surface area (Å²) in [6, 6.07) is 0. The average Bonchev–Trinajstić information content (AvgIpc) is 2.33. The lowest BCUT2D eigenvalue weighted by Crippen LogP contribution is -1.79. The van der Waals surface area contributed by atoms with E-state index in [1.54, 1.807) is 24.9 Å². The van der Waals surface area contributed by atoms with E-state index < -0.39 is 0 Å². The van der Waals surface area contributed by atoms with Gasteiger partial charge in [-0.1, -0.05) is 0 Å². The molecule has 0 fully saturated rings. The minimum absolute atomic E-state index is 1.03. The third-order valence-electron chi connectivity index (χ3n) is 1.22. The highest BCUT2D eigenvalue weighted by atomic mass is 15.0. The van der Waals surface area contributed by atoms with Crippen molar-refractivity contribution >= 4 is 5.52 Å². The van der Waals surface area contributed by atoms with Crippen LogP contribution in [0.5, 0.6) is 0 Å². The molecule has 0 radical (unpaired) electrons. The highest BCUT2D eigenvalue weighted by molar-refractivity contribution is 5.40. The van der Waals surface area contributed by atoms with Gasteiger partial charge in [0.05, 0.1) is 24.2 Å². The molecule has 0 saturated heterocycles. The number of hydrogen-bond donors (Lipinski definition) is 0. The van der Waals surface area contributed by atoms with Crippen molar-refractivity contribution in [1.82, 2.24) is 14.4 Å². The summed E-state index contributed by atoms with van der Waals surface area (Å²) in [5.74, 6) is 0. The molecule has 0 aliphatic carbocycles. The first-order valence-electron chi connectivity index (χ1n) is 2.68. The van der Waals surface area contributed by atoms with Gasteiger partial charge in [0.1, 0.15) is 0 Å². The highest BCUT2D eigenvalue weighted by Gasteiger charge is 1.86. The Morgan fingerprint density at radius 2 is 2.11 bits per heavy atom. The second-order valence-electron chi connectivity index (χ2n) is 1.80. The van der Waals surface area contributed by atoms with Gasteiger partial charge < -0.3 is 4.40 Å². The molecular weight excluding hydrogens is 114 g/mol. The molecule has 0 bridgehead atoms. The van der Waals surface area contributed by atoms with E-state index in [2.05, 4.69) is 9.97 Å². The van der Waals surface area contributed by atoms with Crippen molar-refractivity contribution in [2.75, 3.05) is 0 Å². The van der Waals surface area contributed by atoms with E-state index in [0.717, 1.165) is 5.52 Å². The molecule has 3 nitrogen and oxygen atoms in total. The van der Waals surface area contributed by atoms with Gasteiger partial charge in [0.15, 0.2) is 0 Å². The Kier molecular flexibility index (Phi) is 0.773. The maximum atomic E-state index is 3.92. The maximum Gasteiger partial charge on any atom is 0.0992 e. The number of aromatic nitrogens is 3. The SMILES string of the molecule is c1cn2cncc2cn1. The molecule has 0 N–H and O–H groups in total. The summed E-state index contributed by atoms with van der Waals surface area (Å²) in [5.41, 5.74) is 1.03. The predicted octanol–water partition coefficient (Wildman–Crippen LogP) is 0.729. The van der Waals surface area contributed by atoms with Crippen molar-refractivity contribution in [3.8, 4) is 0 Å². The van der Waals surface area contributed by atoms with Gasteiger partial charge >= 0.3 is 0 Å². The number of hydrogen-bond acceptors (Lipinski definition) is 2. The fourth-order valence-electron chi connectivity index (χ4n) is 0.769. The number of imidazole rings is 1. The smallest absolute Gasteiger partial charge is 0.0992 e. The van der Waals surface area contributed by atoms with Crippen LogP contribution in [0, 0.1) is 0 Å². The van der Waals surface area contributed by atoms with Gasteiger partial charge in [0.2, 0.25) is 0 Å². The van der Waals surface area contributed by atoms with Crippen LogP contribution in [0.25, 0.3) is 5.52 Å². The molecule has 2 aromatic heterocycles. The molecule has 2 heterocycles. The van der Waals surface area contributed by atoms with Crippen LogP contribution in [0.1, 0.15) is 0 Å². The Balaban J connectivity index is 2.95. The molecule has 44 valence electrons. The van der Waals surface area contributed by atoms with Crippen LogP contribution in [-0.2, 0) is 0 Å². The van der Waals surface area contributed by atoms with Crippen molar-refractivity contribution in [3.63, 3.8) is 0 Å². The van der Waals surface area contributed by atoms with E-state index in [4.69, 9.17) is 0 Å². The first-order chi connectivity index (χ1) is 4.47. The van der Waals surface area contributed by atoms with E-state index in [9.17, 15) is 0 Å². The van der Waals surface area contributed by atoms with Crippen LogP contribution in [0.15, 0.2) is 31.1 Å². The van der Waals surface area contributed by atoms with E-state index >= 15 is 0 Å². The van der Waals surface area contributed by atoms with Crippen LogP contribution >= 0.6 is 0 Å². The zero-order valence-electron chi connectivity index (χ0n) is 4.73. The fraction of sp³-hybridized carbons (Fsp3) is 0. The molecule has 2 aromatic rings. The zero-order chi connectivity index (χ0) is 6.10. The second-order valence-corrected chi connectivity index (χ2v) is 1.80. The summed E-state index contributed by atoms with van der Waals surface area (Å²) in [4.78, 5) is 7.85. The molecule has 0 atom stereocenters. The molecule has 0 aliphatic rings. The van der Waals surface area contributed by atoms with Crippen molar-refractivity contribution < 1.29 is 0 Å². The average molecular weight is 119 g/mol. The predicted molar refractivity (Wildman–Crippen MR) is 33.0 cm³/mol. The molecule has 0 spiro atoms. The van der Waals surface area contributed by atoms with Gasteiger partial charge in [-0.3, -0.25) is 4.98 Å². The summed E-state index contributed by atoms with van der Waals surface area (Å²) in [6.07, 6.45) is 8.88. The van der Waals surface area contributed by atoms with Crippen LogP contribution in [0.4, 0.5) is 0 Å². The molecule has 0 aliphatic heterocycles. The van der Waals surface area contributed by atoms with E-state index in [-0.39, 0.29) is 0 Å². The lowest BCUT2D eigenvalue weighted by molar-refractivity contribution is 1.11. The summed E-state index contributed by atoms with van der Waals surface area (Å²) in [5, 5.41) is 0. The molecule has 3 heteroatoms. The lowest BCUT2D eigenvalue weighted by atomic mass is 10.6. The number of fused-ring (bicyclic) bond motifs is 1. The quantitative estimate of drug-likeness (QED) is 0.511. The Labute approximate surface area is 52.0 Å². The molecule has 9 heavy (non-hydrogen) atoms. The van der Waals surface area contributed by atoms with Crippen molar-refractivity contribution in [2.24, 2.45) is 0 Å². The number of rotatable bonds is 0. The van der Waals surface area contributed by atoms with Crippen molar-refractivity contribution in [2.45, 2.75) is 0 Å². The van der Waals surface area contributed by atoms with E-state index in [1.807, 2.05) is 10.6 Å². The van der Waals surface area contributed by atoms with Gasteiger partial charge in [-0.15, -0.1) is 0 Å². The minimum atomic E-state index is 1.03. The lowest BCUT2D eigenvalue weighted by Gasteiger charge is -1.86. The van der Waals surface area contributed by atoms with Gasteiger partial charge in [0, 0.05) is 12.4 Å². The Bertz CT molecular complexity index is 282. The highest BCUT2D eigenvalue weighted by Crippen LogP contribution is 1.95. The summed E-state index contributed by atoms with van der Waals surface area (Å²) < 4.78 is 1.91. The molecule has 0 aromatic carbocycles. The summed E-state index contributed by atoms with van der Waals surface area (Å²) in [7, 11) is 0. The summed E-state index contributed by atoms with van der Waals surface area (Å²) >= 11 is 0. The molecule has 0 unspecified atom stereocenters. The number of nitrogens with zero attached hydrogens (tertiary/aromatic N) is 3. The largest absolute Gasteiger partial charge is 0.303 e. The zero-order valence-corrected chi connectivity index (χ0v) is 4.73. The van der Waals surface area contributed by atoms with E-state index in [1.165, 1.54) is 0 Å². The van der Waals surface area contributed by atoms with Crippen LogP contribution in [-0.4, -0.2) is 14.4 Å². The van der Waals surface area contributed by atoms with E-state index in [0.29, 0.717) is 0 Å². The maximum absolute atomic E-state index is 3.92. The monoisotopic (exact) mass is 119 g/mol. The van der Waals surface area contributed by atoms with Gasteiger partial charge in [0.25, 0.3) is 0 Å². The van der Waals surface area contributed by atoms with Crippen molar-refractivity contribution in [1.29, 1.82) is 0 Å². The van der Waals surface area contributed by atoms with Crippen molar-refractivity contribution in [3.05, 3.63) is 31.1 Å². The van der Waals surface area contributed by atoms with Gasteiger partial charge in [-0.2, -0.15) is 0 Å². The van der Waals surface area contributed by atoms with Crippen LogP contribution < -0.4 is 0 Å². The first kappa shape index (κ1) is 4.49. The Morgan fingerprint density at radius 1 is 1.22 bits per heavy atom. The molecule has 2 rings (SSSR count). The first-order valence-corrected chi connectivity index (χ1v) is 2.68. The molecular formula is C6H5N3. The molecule has 0 saturated carbocycles. The third kappa shape index (κ3) is 0.579.